The summed E-state index contributed by atoms with van der Waals surface area (Å²) in [7, 11) is 1.58. The zero-order valence-electron chi connectivity index (χ0n) is 13.4. The number of H-pyrrole nitrogens is 1. The quantitative estimate of drug-likeness (QED) is 0.896. The summed E-state index contributed by atoms with van der Waals surface area (Å²) in [6, 6.07) is 8.24. The highest BCUT2D eigenvalue weighted by Crippen LogP contribution is 2.24. The minimum atomic E-state index is -0.962. The minimum absolute atomic E-state index is 0.293. The summed E-state index contributed by atoms with van der Waals surface area (Å²) in [4.78, 5) is 25.4. The maximum absolute atomic E-state index is 12.6. The Balaban J connectivity index is 1.84. The lowest BCUT2D eigenvalue weighted by atomic mass is 10.0. The first-order valence-corrected chi connectivity index (χ1v) is 7.84. The highest BCUT2D eigenvalue weighted by atomic mass is 16.5. The number of rotatable bonds is 4. The lowest BCUT2D eigenvalue weighted by Crippen LogP contribution is -2.48. The average Bonchev–Trinajstić information content (AvgIpc) is 3.11. The number of ether oxygens (including phenoxy) is 1. The lowest BCUT2D eigenvalue weighted by molar-refractivity contribution is -0.143. The second kappa shape index (κ2) is 6.74. The van der Waals surface area contributed by atoms with E-state index < -0.39 is 12.0 Å². The summed E-state index contributed by atoms with van der Waals surface area (Å²) in [5.41, 5.74) is 1.72. The fraction of sp³-hybridized carbons (Fsp3) is 0.353. The summed E-state index contributed by atoms with van der Waals surface area (Å²) >= 11 is 0. The van der Waals surface area contributed by atoms with E-state index in [-0.39, 0.29) is 5.91 Å². The first-order valence-electron chi connectivity index (χ1n) is 7.84. The smallest absolute Gasteiger partial charge is 0.326 e. The van der Waals surface area contributed by atoms with Gasteiger partial charge in [-0.25, -0.2) is 4.79 Å². The Bertz CT molecular complexity index is 756. The topological polar surface area (TPSA) is 95.5 Å². The Morgan fingerprint density at radius 3 is 2.92 bits per heavy atom. The van der Waals surface area contributed by atoms with Crippen LogP contribution in [0.4, 0.5) is 0 Å². The summed E-state index contributed by atoms with van der Waals surface area (Å²) in [6.07, 6.45) is 2.11. The Kier molecular flexibility index (Phi) is 4.50. The van der Waals surface area contributed by atoms with Gasteiger partial charge in [-0.2, -0.15) is 5.10 Å². The number of methoxy groups -OCH3 is 1. The zero-order valence-corrected chi connectivity index (χ0v) is 13.4. The van der Waals surface area contributed by atoms with Crippen molar-refractivity contribution in [3.63, 3.8) is 0 Å². The maximum Gasteiger partial charge on any atom is 0.326 e. The second-order valence-electron chi connectivity index (χ2n) is 5.75. The molecule has 1 atom stereocenters. The van der Waals surface area contributed by atoms with Gasteiger partial charge < -0.3 is 14.7 Å². The number of carbonyl (C=O) groups excluding carboxylic acids is 1. The van der Waals surface area contributed by atoms with E-state index in [1.165, 1.54) is 4.90 Å². The van der Waals surface area contributed by atoms with Crippen LogP contribution in [0, 0.1) is 0 Å². The first kappa shape index (κ1) is 16.0. The number of piperidine rings is 1. The minimum Gasteiger partial charge on any atom is -0.497 e. The predicted octanol–water partition coefficient (Wildman–Crippen LogP) is 2.16. The van der Waals surface area contributed by atoms with E-state index in [2.05, 4.69) is 10.2 Å². The van der Waals surface area contributed by atoms with Crippen molar-refractivity contribution >= 4 is 11.9 Å². The van der Waals surface area contributed by atoms with Gasteiger partial charge in [0, 0.05) is 12.1 Å². The van der Waals surface area contributed by atoms with E-state index in [4.69, 9.17) is 4.74 Å². The van der Waals surface area contributed by atoms with Gasteiger partial charge in [0.05, 0.1) is 12.8 Å². The Morgan fingerprint density at radius 1 is 1.33 bits per heavy atom. The molecule has 1 aliphatic rings. The molecule has 0 spiro atoms. The molecule has 126 valence electrons. The molecule has 1 saturated heterocycles. The third kappa shape index (κ3) is 3.10. The van der Waals surface area contributed by atoms with E-state index in [0.717, 1.165) is 18.4 Å². The largest absolute Gasteiger partial charge is 0.497 e. The summed E-state index contributed by atoms with van der Waals surface area (Å²) in [5, 5.41) is 16.2. The Hall–Kier alpha value is -2.83. The molecule has 1 aromatic carbocycles. The van der Waals surface area contributed by atoms with Crippen molar-refractivity contribution in [1.29, 1.82) is 0 Å². The molecule has 7 nitrogen and oxygen atoms in total. The third-order valence-electron chi connectivity index (χ3n) is 4.22. The van der Waals surface area contributed by atoms with Crippen LogP contribution in [-0.2, 0) is 4.79 Å². The fourth-order valence-electron chi connectivity index (χ4n) is 2.95. The summed E-state index contributed by atoms with van der Waals surface area (Å²) < 4.78 is 5.19. The number of amides is 1. The van der Waals surface area contributed by atoms with Crippen LogP contribution in [0.5, 0.6) is 5.75 Å². The van der Waals surface area contributed by atoms with Crippen molar-refractivity contribution in [2.75, 3.05) is 13.7 Å². The van der Waals surface area contributed by atoms with Gasteiger partial charge in [-0.05, 0) is 37.5 Å². The number of carboxylic acids is 1. The molecule has 2 aromatic rings. The number of likely N-dealkylation sites (tertiary alicyclic amines) is 1. The molecular weight excluding hydrogens is 310 g/mol. The highest BCUT2D eigenvalue weighted by molar-refractivity contribution is 5.96. The molecule has 2 heterocycles. The monoisotopic (exact) mass is 329 g/mol. The SMILES string of the molecule is COc1cccc(-c2cc(C(=O)N3CCCCC3C(=O)O)[nH]n2)c1. The number of nitrogens with one attached hydrogen (secondary N) is 1. The number of hydrogen-bond donors (Lipinski definition) is 2. The Labute approximate surface area is 139 Å². The fourth-order valence-corrected chi connectivity index (χ4v) is 2.95. The highest BCUT2D eigenvalue weighted by Gasteiger charge is 2.33. The van der Waals surface area contributed by atoms with Gasteiger partial charge in [-0.1, -0.05) is 12.1 Å². The molecule has 1 aliphatic heterocycles. The predicted molar refractivity (Wildman–Crippen MR) is 86.9 cm³/mol. The van der Waals surface area contributed by atoms with E-state index in [1.54, 1.807) is 13.2 Å². The molecule has 7 heteroatoms. The molecule has 1 amide bonds. The molecule has 2 N–H and O–H groups in total. The number of benzene rings is 1. The van der Waals surface area contributed by atoms with Crippen molar-refractivity contribution in [2.24, 2.45) is 0 Å². The van der Waals surface area contributed by atoms with Crippen LogP contribution in [-0.4, -0.2) is 51.8 Å². The molecule has 0 bridgehead atoms. The van der Waals surface area contributed by atoms with Gasteiger partial charge in [0.15, 0.2) is 0 Å². The van der Waals surface area contributed by atoms with Gasteiger partial charge >= 0.3 is 5.97 Å². The zero-order chi connectivity index (χ0) is 17.1. The van der Waals surface area contributed by atoms with Crippen LogP contribution in [0.25, 0.3) is 11.3 Å². The second-order valence-corrected chi connectivity index (χ2v) is 5.75. The molecular formula is C17H19N3O4. The van der Waals surface area contributed by atoms with Crippen molar-refractivity contribution in [1.82, 2.24) is 15.1 Å². The lowest BCUT2D eigenvalue weighted by Gasteiger charge is -2.32. The number of carbonyl (C=O) groups is 2. The van der Waals surface area contributed by atoms with Gasteiger partial charge in [0.2, 0.25) is 0 Å². The van der Waals surface area contributed by atoms with E-state index in [9.17, 15) is 14.7 Å². The molecule has 24 heavy (non-hydrogen) atoms. The van der Waals surface area contributed by atoms with Crippen LogP contribution in [0.15, 0.2) is 30.3 Å². The van der Waals surface area contributed by atoms with E-state index in [1.807, 2.05) is 24.3 Å². The summed E-state index contributed by atoms with van der Waals surface area (Å²) in [6.45, 7) is 0.448. The average molecular weight is 329 g/mol. The number of carboxylic acid groups (broad SMARTS) is 1. The van der Waals surface area contributed by atoms with Crippen LogP contribution < -0.4 is 4.74 Å². The number of hydrogen-bond acceptors (Lipinski definition) is 4. The number of aromatic amines is 1. The van der Waals surface area contributed by atoms with Crippen molar-refractivity contribution in [3.05, 3.63) is 36.0 Å². The molecule has 1 fully saturated rings. The number of aromatic nitrogens is 2. The van der Waals surface area contributed by atoms with Crippen LogP contribution >= 0.6 is 0 Å². The molecule has 1 aromatic heterocycles. The van der Waals surface area contributed by atoms with Crippen LogP contribution in [0.1, 0.15) is 29.8 Å². The van der Waals surface area contributed by atoms with Crippen LogP contribution in [0.2, 0.25) is 0 Å². The first-order chi connectivity index (χ1) is 11.6. The molecule has 1 unspecified atom stereocenters. The third-order valence-corrected chi connectivity index (χ3v) is 4.22. The van der Waals surface area contributed by atoms with Gasteiger partial charge in [0.25, 0.3) is 5.91 Å². The van der Waals surface area contributed by atoms with E-state index >= 15 is 0 Å². The normalized spacial score (nSPS) is 17.5. The van der Waals surface area contributed by atoms with Crippen molar-refractivity contribution in [3.8, 4) is 17.0 Å². The van der Waals surface area contributed by atoms with Gasteiger partial charge in [0.1, 0.15) is 17.5 Å². The van der Waals surface area contributed by atoms with Crippen molar-refractivity contribution < 1.29 is 19.4 Å². The molecule has 0 radical (unpaired) electrons. The Morgan fingerprint density at radius 2 is 2.17 bits per heavy atom. The van der Waals surface area contributed by atoms with Gasteiger partial charge in [-0.15, -0.1) is 0 Å². The van der Waals surface area contributed by atoms with Crippen molar-refractivity contribution in [2.45, 2.75) is 25.3 Å². The van der Waals surface area contributed by atoms with Gasteiger partial charge in [-0.3, -0.25) is 9.89 Å². The molecule has 3 rings (SSSR count). The summed E-state index contributed by atoms with van der Waals surface area (Å²) in [5.74, 6) is -0.593. The molecule has 0 aliphatic carbocycles. The maximum atomic E-state index is 12.6. The molecule has 0 saturated carbocycles. The standard InChI is InChI=1S/C17H19N3O4/c1-24-12-6-4-5-11(9-12)13-10-14(19-18-13)16(21)20-8-3-2-7-15(20)17(22)23/h4-6,9-10,15H,2-3,7-8H2,1H3,(H,18,19)(H,22,23). The number of aliphatic carboxylic acids is 1. The van der Waals surface area contributed by atoms with Crippen LogP contribution in [0.3, 0.4) is 0 Å². The number of nitrogens with zero attached hydrogens (tertiary/aromatic N) is 2. The van der Waals surface area contributed by atoms with E-state index in [0.29, 0.717) is 30.1 Å².